The smallest absolute Gasteiger partial charge is 0.123 e. The molecule has 0 aliphatic heterocycles. The Balaban J connectivity index is 2.38. The maximum atomic E-state index is 13.0. The first-order chi connectivity index (χ1) is 9.45. The molecule has 20 heavy (non-hydrogen) atoms. The molecule has 1 aromatic heterocycles. The topological polar surface area (TPSA) is 59.4 Å². The van der Waals surface area contributed by atoms with Crippen molar-refractivity contribution < 1.29 is 13.9 Å². The first-order valence-corrected chi connectivity index (χ1v) is 6.65. The van der Waals surface area contributed by atoms with Crippen molar-refractivity contribution in [2.24, 2.45) is 5.73 Å². The van der Waals surface area contributed by atoms with Gasteiger partial charge >= 0.3 is 0 Å². The van der Waals surface area contributed by atoms with E-state index in [1.54, 1.807) is 12.1 Å². The summed E-state index contributed by atoms with van der Waals surface area (Å²) in [6.07, 6.45) is -0.761. The molecule has 2 unspecified atom stereocenters. The van der Waals surface area contributed by atoms with Crippen molar-refractivity contribution in [1.82, 2.24) is 0 Å². The number of benzene rings is 1. The lowest BCUT2D eigenvalue weighted by molar-refractivity contribution is 0.145. The van der Waals surface area contributed by atoms with Crippen LogP contribution in [0.1, 0.15) is 40.2 Å². The van der Waals surface area contributed by atoms with Gasteiger partial charge < -0.3 is 15.3 Å². The number of aryl methyl sites for hydroxylation is 2. The molecule has 2 rings (SSSR count). The van der Waals surface area contributed by atoms with E-state index in [1.165, 1.54) is 12.1 Å². The molecule has 1 heterocycles. The standard InChI is InChI=1S/C16H20FNO2/c1-9-10(2)20-11(3)15(9)16(19)14(8-18)12-4-6-13(17)7-5-12/h4-7,14,16,19H,8,18H2,1-3H3. The van der Waals surface area contributed by atoms with E-state index in [1.807, 2.05) is 20.8 Å². The molecule has 1 aromatic carbocycles. The van der Waals surface area contributed by atoms with Gasteiger partial charge in [0, 0.05) is 18.0 Å². The highest BCUT2D eigenvalue weighted by Gasteiger charge is 2.27. The third kappa shape index (κ3) is 2.62. The maximum Gasteiger partial charge on any atom is 0.123 e. The third-order valence-corrected chi connectivity index (χ3v) is 3.85. The van der Waals surface area contributed by atoms with Crippen LogP contribution in [0.15, 0.2) is 28.7 Å². The minimum Gasteiger partial charge on any atom is -0.466 e. The predicted molar refractivity (Wildman–Crippen MR) is 76.1 cm³/mol. The predicted octanol–water partition coefficient (Wildman–Crippen LogP) is 3.12. The number of aliphatic hydroxyl groups is 1. The summed E-state index contributed by atoms with van der Waals surface area (Å²) in [6, 6.07) is 6.08. The lowest BCUT2D eigenvalue weighted by Gasteiger charge is -2.22. The third-order valence-electron chi connectivity index (χ3n) is 3.85. The zero-order valence-electron chi connectivity index (χ0n) is 12.0. The van der Waals surface area contributed by atoms with Crippen LogP contribution >= 0.6 is 0 Å². The summed E-state index contributed by atoms with van der Waals surface area (Å²) >= 11 is 0. The van der Waals surface area contributed by atoms with Crippen LogP contribution in [0.3, 0.4) is 0 Å². The molecule has 2 atom stereocenters. The molecule has 0 saturated heterocycles. The summed E-state index contributed by atoms with van der Waals surface area (Å²) in [5, 5.41) is 10.6. The summed E-state index contributed by atoms with van der Waals surface area (Å²) in [6.45, 7) is 5.89. The Bertz CT molecular complexity index is 589. The molecule has 0 aliphatic carbocycles. The molecule has 0 radical (unpaired) electrons. The Labute approximate surface area is 118 Å². The van der Waals surface area contributed by atoms with Crippen LogP contribution in [-0.2, 0) is 0 Å². The molecule has 3 N–H and O–H groups in total. The second-order valence-corrected chi connectivity index (χ2v) is 5.09. The van der Waals surface area contributed by atoms with Gasteiger partial charge in [-0.25, -0.2) is 4.39 Å². The molecule has 0 amide bonds. The summed E-state index contributed by atoms with van der Waals surface area (Å²) in [7, 11) is 0. The van der Waals surface area contributed by atoms with Gasteiger partial charge in [0.15, 0.2) is 0 Å². The normalized spacial score (nSPS) is 14.3. The van der Waals surface area contributed by atoms with Crippen molar-refractivity contribution in [2.75, 3.05) is 6.54 Å². The Morgan fingerprint density at radius 2 is 1.75 bits per heavy atom. The summed E-state index contributed by atoms with van der Waals surface area (Å²) in [5.74, 6) is 0.912. The summed E-state index contributed by atoms with van der Waals surface area (Å²) < 4.78 is 18.6. The van der Waals surface area contributed by atoms with E-state index in [-0.39, 0.29) is 18.3 Å². The van der Waals surface area contributed by atoms with Crippen molar-refractivity contribution in [3.05, 3.63) is 58.3 Å². The number of nitrogens with two attached hydrogens (primary N) is 1. The lowest BCUT2D eigenvalue weighted by Crippen LogP contribution is -2.21. The monoisotopic (exact) mass is 277 g/mol. The van der Waals surface area contributed by atoms with E-state index in [2.05, 4.69) is 0 Å². The molecular formula is C16H20FNO2. The highest BCUT2D eigenvalue weighted by atomic mass is 19.1. The average molecular weight is 277 g/mol. The fourth-order valence-corrected chi connectivity index (χ4v) is 2.60. The lowest BCUT2D eigenvalue weighted by atomic mass is 9.87. The molecule has 0 bridgehead atoms. The van der Waals surface area contributed by atoms with Crippen LogP contribution in [-0.4, -0.2) is 11.7 Å². The van der Waals surface area contributed by atoms with Crippen molar-refractivity contribution in [1.29, 1.82) is 0 Å². The van der Waals surface area contributed by atoms with Crippen molar-refractivity contribution in [3.8, 4) is 0 Å². The minimum atomic E-state index is -0.761. The van der Waals surface area contributed by atoms with Crippen LogP contribution in [0, 0.1) is 26.6 Å². The van der Waals surface area contributed by atoms with Gasteiger partial charge in [0.05, 0.1) is 6.10 Å². The first kappa shape index (κ1) is 14.8. The van der Waals surface area contributed by atoms with Gasteiger partial charge in [-0.15, -0.1) is 0 Å². The maximum absolute atomic E-state index is 13.0. The Kier molecular flexibility index (Phi) is 4.26. The van der Waals surface area contributed by atoms with E-state index in [0.29, 0.717) is 5.76 Å². The number of halogens is 1. The van der Waals surface area contributed by atoms with Gasteiger partial charge in [0.1, 0.15) is 17.3 Å². The highest BCUT2D eigenvalue weighted by Crippen LogP contribution is 2.36. The summed E-state index contributed by atoms with van der Waals surface area (Å²) in [5.41, 5.74) is 8.34. The molecule has 0 fully saturated rings. The second kappa shape index (κ2) is 5.77. The molecule has 4 heteroatoms. The van der Waals surface area contributed by atoms with E-state index in [0.717, 1.165) is 22.5 Å². The quantitative estimate of drug-likeness (QED) is 0.902. The van der Waals surface area contributed by atoms with Gasteiger partial charge in [-0.1, -0.05) is 12.1 Å². The number of rotatable bonds is 4. The van der Waals surface area contributed by atoms with Crippen molar-refractivity contribution in [3.63, 3.8) is 0 Å². The fourth-order valence-electron chi connectivity index (χ4n) is 2.60. The van der Waals surface area contributed by atoms with Crippen LogP contribution in [0.4, 0.5) is 4.39 Å². The Morgan fingerprint density at radius 1 is 1.15 bits per heavy atom. The molecule has 0 spiro atoms. The first-order valence-electron chi connectivity index (χ1n) is 6.65. The van der Waals surface area contributed by atoms with Crippen LogP contribution in [0.25, 0.3) is 0 Å². The average Bonchev–Trinajstić information content (AvgIpc) is 2.66. The molecule has 108 valence electrons. The zero-order valence-corrected chi connectivity index (χ0v) is 12.0. The number of hydrogen-bond acceptors (Lipinski definition) is 3. The minimum absolute atomic E-state index is 0.274. The SMILES string of the molecule is Cc1oc(C)c(C(O)C(CN)c2ccc(F)cc2)c1C. The van der Waals surface area contributed by atoms with Crippen LogP contribution in [0.5, 0.6) is 0 Å². The number of aliphatic hydroxyl groups excluding tert-OH is 1. The van der Waals surface area contributed by atoms with E-state index in [9.17, 15) is 9.50 Å². The van der Waals surface area contributed by atoms with Gasteiger partial charge in [-0.2, -0.15) is 0 Å². The Morgan fingerprint density at radius 3 is 2.20 bits per heavy atom. The molecule has 0 saturated carbocycles. The molecule has 3 nitrogen and oxygen atoms in total. The van der Waals surface area contributed by atoms with Crippen LogP contribution < -0.4 is 5.73 Å². The van der Waals surface area contributed by atoms with Crippen molar-refractivity contribution >= 4 is 0 Å². The van der Waals surface area contributed by atoms with Gasteiger partial charge in [-0.3, -0.25) is 0 Å². The van der Waals surface area contributed by atoms with Crippen molar-refractivity contribution in [2.45, 2.75) is 32.8 Å². The van der Waals surface area contributed by atoms with Gasteiger partial charge in [-0.05, 0) is 44.0 Å². The largest absolute Gasteiger partial charge is 0.466 e. The molecular weight excluding hydrogens is 257 g/mol. The van der Waals surface area contributed by atoms with Crippen LogP contribution in [0.2, 0.25) is 0 Å². The Hall–Kier alpha value is -1.65. The second-order valence-electron chi connectivity index (χ2n) is 5.09. The van der Waals surface area contributed by atoms with E-state index < -0.39 is 6.10 Å². The highest BCUT2D eigenvalue weighted by molar-refractivity contribution is 5.36. The molecule has 2 aromatic rings. The van der Waals surface area contributed by atoms with E-state index in [4.69, 9.17) is 10.2 Å². The summed E-state index contributed by atoms with van der Waals surface area (Å²) in [4.78, 5) is 0. The number of hydrogen-bond donors (Lipinski definition) is 2. The van der Waals surface area contributed by atoms with Gasteiger partial charge in [0.25, 0.3) is 0 Å². The fraction of sp³-hybridized carbons (Fsp3) is 0.375. The van der Waals surface area contributed by atoms with E-state index >= 15 is 0 Å². The number of furan rings is 1. The zero-order chi connectivity index (χ0) is 14.9. The van der Waals surface area contributed by atoms with Gasteiger partial charge in [0.2, 0.25) is 0 Å². The molecule has 0 aliphatic rings.